The standard InChI is InChI=1S/C3H7NO2S.ClH/c4-2(1-7)3(5)6;/h2,7H,1,4H2,(H,5,6);1H/p-1. The van der Waals surface area contributed by atoms with Gasteiger partial charge in [-0.25, -0.2) is 0 Å². The molecule has 5 heteroatoms. The van der Waals surface area contributed by atoms with Crippen molar-refractivity contribution in [2.45, 2.75) is 6.04 Å². The first-order valence-corrected chi connectivity index (χ1v) is 2.41. The van der Waals surface area contributed by atoms with Gasteiger partial charge in [0.25, 0.3) is 0 Å². The predicted molar refractivity (Wildman–Crippen MR) is 29.5 cm³/mol. The van der Waals surface area contributed by atoms with Crippen LogP contribution in [0.1, 0.15) is 0 Å². The quantitative estimate of drug-likeness (QED) is 0.361. The van der Waals surface area contributed by atoms with Crippen molar-refractivity contribution in [3.8, 4) is 0 Å². The monoisotopic (exact) mass is 156 g/mol. The second kappa shape index (κ2) is 5.21. The highest BCUT2D eigenvalue weighted by atomic mass is 35.5. The first kappa shape index (κ1) is 10.9. The molecule has 0 fully saturated rings. The lowest BCUT2D eigenvalue weighted by Crippen LogP contribution is -3.00. The molecule has 0 saturated carbocycles. The summed E-state index contributed by atoms with van der Waals surface area (Å²) in [6.07, 6.45) is 0. The van der Waals surface area contributed by atoms with Crippen molar-refractivity contribution in [3.05, 3.63) is 0 Å². The zero-order valence-electron chi connectivity index (χ0n) is 4.04. The van der Waals surface area contributed by atoms with E-state index in [1.54, 1.807) is 0 Å². The van der Waals surface area contributed by atoms with Gasteiger partial charge in [0.2, 0.25) is 0 Å². The third kappa shape index (κ3) is 4.23. The van der Waals surface area contributed by atoms with Crippen LogP contribution in [0.25, 0.3) is 0 Å². The second-order valence-electron chi connectivity index (χ2n) is 1.13. The molecular formula is C3H7ClNO2S-. The molecular weight excluding hydrogens is 150 g/mol. The molecule has 3 nitrogen and oxygen atoms in total. The van der Waals surface area contributed by atoms with Crippen LogP contribution in [-0.2, 0) is 4.79 Å². The Kier molecular flexibility index (Phi) is 7.13. The third-order valence-corrected chi connectivity index (χ3v) is 0.907. The predicted octanol–water partition coefficient (Wildman–Crippen LogP) is -3.67. The van der Waals surface area contributed by atoms with Crippen LogP contribution >= 0.6 is 12.6 Å². The molecule has 0 aliphatic rings. The van der Waals surface area contributed by atoms with E-state index < -0.39 is 12.0 Å². The number of hydrogen-bond acceptors (Lipinski definition) is 3. The molecule has 50 valence electrons. The van der Waals surface area contributed by atoms with E-state index in [-0.39, 0.29) is 18.2 Å². The smallest absolute Gasteiger partial charge is 0.321 e. The van der Waals surface area contributed by atoms with Crippen LogP contribution in [0.5, 0.6) is 0 Å². The molecule has 0 heterocycles. The Balaban J connectivity index is 0. The summed E-state index contributed by atoms with van der Waals surface area (Å²) in [6, 6.07) is -0.816. The summed E-state index contributed by atoms with van der Waals surface area (Å²) in [5, 5.41) is 8.01. The summed E-state index contributed by atoms with van der Waals surface area (Å²) in [4.78, 5) is 9.76. The van der Waals surface area contributed by atoms with Gasteiger partial charge < -0.3 is 23.2 Å². The van der Waals surface area contributed by atoms with Gasteiger partial charge in [0.05, 0.1) is 0 Å². The summed E-state index contributed by atoms with van der Waals surface area (Å²) < 4.78 is 0. The lowest BCUT2D eigenvalue weighted by Gasteiger charge is -1.96. The Morgan fingerprint density at radius 1 is 1.88 bits per heavy atom. The largest absolute Gasteiger partial charge is 1.00 e. The van der Waals surface area contributed by atoms with E-state index in [9.17, 15) is 4.79 Å². The van der Waals surface area contributed by atoms with E-state index in [0.717, 1.165) is 0 Å². The van der Waals surface area contributed by atoms with Crippen LogP contribution in [0.3, 0.4) is 0 Å². The number of carbonyl (C=O) groups is 1. The minimum absolute atomic E-state index is 0. The zero-order valence-corrected chi connectivity index (χ0v) is 5.69. The SMILES string of the molecule is NC(CS)C(=O)O.[Cl-]. The Morgan fingerprint density at radius 3 is 2.25 bits per heavy atom. The molecule has 8 heavy (non-hydrogen) atoms. The minimum Gasteiger partial charge on any atom is -1.00 e. The molecule has 1 atom stereocenters. The maximum absolute atomic E-state index is 9.76. The Hall–Kier alpha value is 0.0700. The van der Waals surface area contributed by atoms with Gasteiger partial charge in [-0.05, 0) is 0 Å². The van der Waals surface area contributed by atoms with Crippen LogP contribution in [0.4, 0.5) is 0 Å². The highest BCUT2D eigenvalue weighted by molar-refractivity contribution is 7.80. The van der Waals surface area contributed by atoms with Gasteiger partial charge in [0.15, 0.2) is 0 Å². The van der Waals surface area contributed by atoms with Crippen LogP contribution in [-0.4, -0.2) is 22.9 Å². The molecule has 0 aliphatic carbocycles. The first-order chi connectivity index (χ1) is 3.18. The van der Waals surface area contributed by atoms with Gasteiger partial charge in [-0.3, -0.25) is 4.79 Å². The number of carboxylic acids is 1. The molecule has 0 aromatic carbocycles. The van der Waals surface area contributed by atoms with Gasteiger partial charge in [-0.1, -0.05) is 0 Å². The lowest BCUT2D eigenvalue weighted by molar-refractivity contribution is -0.137. The average Bonchev–Trinajstić information content (AvgIpc) is 1.65. The Labute approximate surface area is 59.1 Å². The van der Waals surface area contributed by atoms with Gasteiger partial charge in [0, 0.05) is 5.75 Å². The molecule has 0 bridgehead atoms. The van der Waals surface area contributed by atoms with Gasteiger partial charge in [-0.2, -0.15) is 12.6 Å². The second-order valence-corrected chi connectivity index (χ2v) is 1.49. The van der Waals surface area contributed by atoms with Crippen LogP contribution in [0.2, 0.25) is 0 Å². The van der Waals surface area contributed by atoms with E-state index in [2.05, 4.69) is 12.6 Å². The van der Waals surface area contributed by atoms with E-state index in [4.69, 9.17) is 10.8 Å². The van der Waals surface area contributed by atoms with Crippen LogP contribution in [0, 0.1) is 0 Å². The number of halogens is 1. The number of thiol groups is 1. The Bertz CT molecular complexity index is 79.7. The fourth-order valence-corrected chi connectivity index (χ4v) is 0.234. The molecule has 3 N–H and O–H groups in total. The normalized spacial score (nSPS) is 11.8. The van der Waals surface area contributed by atoms with E-state index in [1.807, 2.05) is 0 Å². The molecule has 0 rings (SSSR count). The molecule has 0 aromatic rings. The fraction of sp³-hybridized carbons (Fsp3) is 0.667. The molecule has 0 saturated heterocycles. The number of rotatable bonds is 2. The van der Waals surface area contributed by atoms with Gasteiger partial charge >= 0.3 is 5.97 Å². The maximum Gasteiger partial charge on any atom is 0.321 e. The van der Waals surface area contributed by atoms with Crippen molar-refractivity contribution in [3.63, 3.8) is 0 Å². The molecule has 0 amide bonds. The highest BCUT2D eigenvalue weighted by Gasteiger charge is 2.06. The maximum atomic E-state index is 9.76. The first-order valence-electron chi connectivity index (χ1n) is 1.77. The molecule has 0 radical (unpaired) electrons. The third-order valence-electron chi connectivity index (χ3n) is 0.514. The highest BCUT2D eigenvalue weighted by Crippen LogP contribution is 1.80. The van der Waals surface area contributed by atoms with Gasteiger partial charge in [-0.15, -0.1) is 0 Å². The van der Waals surface area contributed by atoms with Crippen LogP contribution in [0.15, 0.2) is 0 Å². The molecule has 0 aliphatic heterocycles. The topological polar surface area (TPSA) is 63.3 Å². The lowest BCUT2D eigenvalue weighted by atomic mass is 10.4. The van der Waals surface area contributed by atoms with E-state index in [1.165, 1.54) is 0 Å². The summed E-state index contributed by atoms with van der Waals surface area (Å²) in [6.45, 7) is 0. The number of carboxylic acid groups (broad SMARTS) is 1. The van der Waals surface area contributed by atoms with E-state index in [0.29, 0.717) is 0 Å². The molecule has 0 aromatic heterocycles. The summed E-state index contributed by atoms with van der Waals surface area (Å²) in [7, 11) is 0. The minimum atomic E-state index is -1.00. The number of hydrogen-bond donors (Lipinski definition) is 3. The van der Waals surface area contributed by atoms with Crippen molar-refractivity contribution in [2.24, 2.45) is 5.73 Å². The molecule has 1 unspecified atom stereocenters. The summed E-state index contributed by atoms with van der Waals surface area (Å²) >= 11 is 3.65. The van der Waals surface area contributed by atoms with Gasteiger partial charge in [0.1, 0.15) is 6.04 Å². The molecule has 0 spiro atoms. The zero-order chi connectivity index (χ0) is 5.86. The fourth-order valence-electron chi connectivity index (χ4n) is 0.0781. The average molecular weight is 157 g/mol. The van der Waals surface area contributed by atoms with Crippen molar-refractivity contribution >= 4 is 18.6 Å². The van der Waals surface area contributed by atoms with Crippen molar-refractivity contribution < 1.29 is 22.3 Å². The number of aliphatic carboxylic acids is 1. The van der Waals surface area contributed by atoms with Crippen molar-refractivity contribution in [1.29, 1.82) is 0 Å². The van der Waals surface area contributed by atoms with Crippen molar-refractivity contribution in [1.82, 2.24) is 0 Å². The van der Waals surface area contributed by atoms with Crippen LogP contribution < -0.4 is 18.1 Å². The van der Waals surface area contributed by atoms with Crippen molar-refractivity contribution in [2.75, 3.05) is 5.75 Å². The summed E-state index contributed by atoms with van der Waals surface area (Å²) in [5.74, 6) is -0.815. The van der Waals surface area contributed by atoms with E-state index >= 15 is 0 Å². The number of nitrogens with two attached hydrogens (primary N) is 1. The Morgan fingerprint density at radius 2 is 2.25 bits per heavy atom. The summed E-state index contributed by atoms with van der Waals surface area (Å²) in [5.41, 5.74) is 4.94.